The first-order valence-electron chi connectivity index (χ1n) is 10.9. The Kier molecular flexibility index (Phi) is 5.94. The third-order valence-corrected chi connectivity index (χ3v) is 5.74. The van der Waals surface area contributed by atoms with Gasteiger partial charge in [0.25, 0.3) is 5.91 Å². The number of alkyl halides is 3. The molecule has 1 saturated heterocycles. The summed E-state index contributed by atoms with van der Waals surface area (Å²) in [6, 6.07) is 14.4. The number of carbonyl (C=O) groups is 1. The fraction of sp³-hybridized carbons (Fsp3) is 0.200. The first-order chi connectivity index (χ1) is 16.9. The van der Waals surface area contributed by atoms with Gasteiger partial charge in [-0.05, 0) is 42.5 Å². The van der Waals surface area contributed by atoms with Gasteiger partial charge in [-0.1, -0.05) is 6.07 Å². The second kappa shape index (κ2) is 9.21. The van der Waals surface area contributed by atoms with E-state index in [-0.39, 0.29) is 11.8 Å². The summed E-state index contributed by atoms with van der Waals surface area (Å²) in [5, 5.41) is 0.729. The number of nitrogens with zero attached hydrogens (tertiary/aromatic N) is 5. The number of hydrogen-bond acceptors (Lipinski definition) is 6. The Bertz CT molecular complexity index is 1340. The molecule has 0 atom stereocenters. The number of hydrogen-bond donors (Lipinski definition) is 0. The van der Waals surface area contributed by atoms with Crippen molar-refractivity contribution in [1.29, 1.82) is 0 Å². The minimum absolute atomic E-state index is 0.0440. The van der Waals surface area contributed by atoms with Crippen molar-refractivity contribution in [1.82, 2.24) is 19.9 Å². The van der Waals surface area contributed by atoms with Crippen LogP contribution in [-0.2, 0) is 6.18 Å². The lowest BCUT2D eigenvalue weighted by Gasteiger charge is -2.35. The van der Waals surface area contributed by atoms with E-state index in [1.165, 1.54) is 6.07 Å². The Morgan fingerprint density at radius 1 is 0.943 bits per heavy atom. The summed E-state index contributed by atoms with van der Waals surface area (Å²) in [5.74, 6) is 0.312. The molecule has 10 heteroatoms. The van der Waals surface area contributed by atoms with Crippen molar-refractivity contribution < 1.29 is 22.7 Å². The van der Waals surface area contributed by atoms with Crippen LogP contribution in [0.2, 0.25) is 0 Å². The molecule has 35 heavy (non-hydrogen) atoms. The molecule has 4 heterocycles. The number of carbonyl (C=O) groups excluding carboxylic acids is 1. The third-order valence-electron chi connectivity index (χ3n) is 5.74. The van der Waals surface area contributed by atoms with E-state index in [2.05, 4.69) is 19.9 Å². The van der Waals surface area contributed by atoms with Crippen molar-refractivity contribution >= 4 is 22.5 Å². The second-order valence-corrected chi connectivity index (χ2v) is 8.03. The highest BCUT2D eigenvalue weighted by Gasteiger charge is 2.30. The van der Waals surface area contributed by atoms with Gasteiger partial charge in [0, 0.05) is 50.0 Å². The van der Waals surface area contributed by atoms with Gasteiger partial charge < -0.3 is 14.5 Å². The highest BCUT2D eigenvalue weighted by molar-refractivity contribution is 5.95. The Morgan fingerprint density at radius 2 is 1.77 bits per heavy atom. The molecule has 1 aliphatic rings. The molecule has 0 saturated carbocycles. The number of benzene rings is 1. The predicted octanol–water partition coefficient (Wildman–Crippen LogP) is 4.80. The highest BCUT2D eigenvalue weighted by atomic mass is 19.4. The minimum Gasteiger partial charge on any atom is -0.439 e. The van der Waals surface area contributed by atoms with Crippen molar-refractivity contribution in [3.05, 3.63) is 84.4 Å². The third kappa shape index (κ3) is 5.01. The Balaban J connectivity index is 1.25. The molecule has 0 unspecified atom stereocenters. The molecule has 3 aromatic heterocycles. The van der Waals surface area contributed by atoms with Crippen LogP contribution in [0.5, 0.6) is 11.6 Å². The molecule has 0 aliphatic carbocycles. The van der Waals surface area contributed by atoms with Crippen LogP contribution in [0.15, 0.2) is 73.2 Å². The maximum absolute atomic E-state index is 13.0. The van der Waals surface area contributed by atoms with Crippen LogP contribution in [-0.4, -0.2) is 51.9 Å². The zero-order valence-corrected chi connectivity index (χ0v) is 18.4. The van der Waals surface area contributed by atoms with Gasteiger partial charge in [-0.3, -0.25) is 9.78 Å². The molecule has 0 radical (unpaired) electrons. The van der Waals surface area contributed by atoms with E-state index in [9.17, 15) is 18.0 Å². The summed E-state index contributed by atoms with van der Waals surface area (Å²) >= 11 is 0. The first-order valence-corrected chi connectivity index (χ1v) is 10.9. The molecule has 1 amide bonds. The van der Waals surface area contributed by atoms with E-state index >= 15 is 0 Å². The van der Waals surface area contributed by atoms with Gasteiger partial charge in [0.05, 0.1) is 23.0 Å². The largest absolute Gasteiger partial charge is 0.439 e. The zero-order chi connectivity index (χ0) is 24.4. The minimum atomic E-state index is -4.46. The molecule has 7 nitrogen and oxygen atoms in total. The Labute approximate surface area is 198 Å². The van der Waals surface area contributed by atoms with E-state index in [4.69, 9.17) is 4.74 Å². The van der Waals surface area contributed by atoms with Gasteiger partial charge >= 0.3 is 6.18 Å². The summed E-state index contributed by atoms with van der Waals surface area (Å²) in [6.45, 7) is 2.59. The van der Waals surface area contributed by atoms with Gasteiger partial charge in [-0.15, -0.1) is 0 Å². The molecular formula is C25H20F3N5O2. The maximum atomic E-state index is 13.0. The summed E-state index contributed by atoms with van der Waals surface area (Å²) in [7, 11) is 0. The molecular weight excluding hydrogens is 459 g/mol. The quantitative estimate of drug-likeness (QED) is 0.419. The fourth-order valence-corrected chi connectivity index (χ4v) is 3.89. The molecule has 5 rings (SSSR count). The van der Waals surface area contributed by atoms with Crippen LogP contribution < -0.4 is 9.64 Å². The van der Waals surface area contributed by atoms with Gasteiger partial charge in [-0.2, -0.15) is 13.2 Å². The molecule has 1 aromatic carbocycles. The lowest BCUT2D eigenvalue weighted by atomic mass is 10.1. The smallest absolute Gasteiger partial charge is 0.417 e. The number of aromatic nitrogens is 3. The molecule has 1 fully saturated rings. The fourth-order valence-electron chi connectivity index (χ4n) is 3.89. The van der Waals surface area contributed by atoms with Crippen molar-refractivity contribution in [2.75, 3.05) is 31.1 Å². The van der Waals surface area contributed by atoms with Crippen LogP contribution in [0, 0.1) is 0 Å². The van der Waals surface area contributed by atoms with E-state index in [0.29, 0.717) is 43.1 Å². The van der Waals surface area contributed by atoms with E-state index in [1.807, 2.05) is 18.3 Å². The van der Waals surface area contributed by atoms with Crippen LogP contribution in [0.3, 0.4) is 0 Å². The first kappa shape index (κ1) is 22.6. The van der Waals surface area contributed by atoms with E-state index < -0.39 is 11.7 Å². The number of halogens is 3. The van der Waals surface area contributed by atoms with Crippen LogP contribution in [0.25, 0.3) is 10.9 Å². The predicted molar refractivity (Wildman–Crippen MR) is 123 cm³/mol. The number of ether oxygens (including phenoxy) is 1. The standard InChI is InChI=1S/C25H20F3N5O2/c26-25(27,28)18-4-8-23(30-15-18)35-20-5-7-21-17(14-20)3-6-22(31-21)24(34)33-12-10-32(11-13-33)19-2-1-9-29-16-19/h1-9,14-16H,10-13H2. The average Bonchev–Trinajstić information content (AvgIpc) is 2.88. The van der Waals surface area contributed by atoms with Crippen LogP contribution in [0.4, 0.5) is 18.9 Å². The topological polar surface area (TPSA) is 71.5 Å². The van der Waals surface area contributed by atoms with Gasteiger partial charge in [0.1, 0.15) is 11.4 Å². The number of pyridine rings is 3. The molecule has 1 aliphatic heterocycles. The summed E-state index contributed by atoms with van der Waals surface area (Å²) < 4.78 is 43.7. The second-order valence-electron chi connectivity index (χ2n) is 8.03. The van der Waals surface area contributed by atoms with Crippen LogP contribution in [0.1, 0.15) is 16.1 Å². The zero-order valence-electron chi connectivity index (χ0n) is 18.4. The van der Waals surface area contributed by atoms with Crippen molar-refractivity contribution in [2.24, 2.45) is 0 Å². The van der Waals surface area contributed by atoms with Crippen molar-refractivity contribution in [3.63, 3.8) is 0 Å². The van der Waals surface area contributed by atoms with Gasteiger partial charge in [0.2, 0.25) is 5.88 Å². The molecule has 0 spiro atoms. The van der Waals surface area contributed by atoms with Crippen molar-refractivity contribution in [3.8, 4) is 11.6 Å². The van der Waals surface area contributed by atoms with Gasteiger partial charge in [0.15, 0.2) is 0 Å². The number of piperazine rings is 1. The molecule has 0 bridgehead atoms. The number of fused-ring (bicyclic) bond motifs is 1. The Hall–Kier alpha value is -4.21. The Morgan fingerprint density at radius 3 is 2.46 bits per heavy atom. The van der Waals surface area contributed by atoms with E-state index in [1.54, 1.807) is 41.4 Å². The lowest BCUT2D eigenvalue weighted by Crippen LogP contribution is -2.49. The SMILES string of the molecule is O=C(c1ccc2cc(Oc3ccc(C(F)(F)F)cn3)ccc2n1)N1CCN(c2cccnc2)CC1. The summed E-state index contributed by atoms with van der Waals surface area (Å²) in [6.07, 6.45) is -0.183. The lowest BCUT2D eigenvalue weighted by molar-refractivity contribution is -0.137. The number of amides is 1. The average molecular weight is 479 g/mol. The van der Waals surface area contributed by atoms with E-state index in [0.717, 1.165) is 23.3 Å². The van der Waals surface area contributed by atoms with Crippen molar-refractivity contribution in [2.45, 2.75) is 6.18 Å². The van der Waals surface area contributed by atoms with Gasteiger partial charge in [-0.25, -0.2) is 9.97 Å². The highest BCUT2D eigenvalue weighted by Crippen LogP contribution is 2.30. The summed E-state index contributed by atoms with van der Waals surface area (Å²) in [4.78, 5) is 29.4. The maximum Gasteiger partial charge on any atom is 0.417 e. The molecule has 0 N–H and O–H groups in total. The number of rotatable bonds is 4. The van der Waals surface area contributed by atoms with Crippen LogP contribution >= 0.6 is 0 Å². The number of anilines is 1. The monoisotopic (exact) mass is 479 g/mol. The summed E-state index contributed by atoms with van der Waals surface area (Å²) in [5.41, 5.74) is 1.15. The normalized spacial score (nSPS) is 14.3. The molecule has 4 aromatic rings. The molecule has 178 valence electrons.